The number of alkyl halides is 3. The van der Waals surface area contributed by atoms with Crippen molar-refractivity contribution in [2.24, 2.45) is 17.6 Å². The smallest absolute Gasteiger partial charge is 0.325 e. The van der Waals surface area contributed by atoms with Crippen LogP contribution in [-0.2, 0) is 4.79 Å². The highest BCUT2D eigenvalue weighted by molar-refractivity contribution is 5.95. The third-order valence-electron chi connectivity index (χ3n) is 5.90. The zero-order valence-electron chi connectivity index (χ0n) is 16.9. The van der Waals surface area contributed by atoms with Crippen molar-refractivity contribution in [1.29, 1.82) is 0 Å². The van der Waals surface area contributed by atoms with Crippen molar-refractivity contribution in [2.45, 2.75) is 51.7 Å². The largest absolute Gasteiger partial charge is 0.391 e. The summed E-state index contributed by atoms with van der Waals surface area (Å²) in [7, 11) is 0. The van der Waals surface area contributed by atoms with Gasteiger partial charge in [-0.1, -0.05) is 0 Å². The van der Waals surface area contributed by atoms with Gasteiger partial charge in [-0.2, -0.15) is 13.2 Å². The maximum Gasteiger partial charge on any atom is 0.391 e. The molecule has 8 heteroatoms. The number of nitrogens with one attached hydrogen (secondary N) is 1. The SMILES string of the molecule is Cc1ccnc(C)c1-c1ccc(NC(=O)[C@@H](N)C2CCC(C(F)(F)F)CC2)cc1F. The summed E-state index contributed by atoms with van der Waals surface area (Å²) in [4.78, 5) is 16.7. The number of hydrogen-bond donors (Lipinski definition) is 2. The average molecular weight is 423 g/mol. The zero-order chi connectivity index (χ0) is 22.1. The summed E-state index contributed by atoms with van der Waals surface area (Å²) in [6, 6.07) is 5.22. The number of hydrogen-bond acceptors (Lipinski definition) is 3. The van der Waals surface area contributed by atoms with E-state index in [4.69, 9.17) is 5.73 Å². The van der Waals surface area contributed by atoms with E-state index in [9.17, 15) is 22.4 Å². The Morgan fingerprint density at radius 1 is 1.17 bits per heavy atom. The number of benzene rings is 1. The van der Waals surface area contributed by atoms with Gasteiger partial charge < -0.3 is 11.1 Å². The molecule has 1 fully saturated rings. The molecule has 1 aromatic carbocycles. The first-order valence-corrected chi connectivity index (χ1v) is 9.93. The summed E-state index contributed by atoms with van der Waals surface area (Å²) in [5.41, 5.74) is 8.91. The molecular formula is C22H25F4N3O. The van der Waals surface area contributed by atoms with Gasteiger partial charge in [-0.15, -0.1) is 0 Å². The molecular weight excluding hydrogens is 398 g/mol. The lowest BCUT2D eigenvalue weighted by Crippen LogP contribution is -2.44. The van der Waals surface area contributed by atoms with Crippen molar-refractivity contribution in [3.8, 4) is 11.1 Å². The van der Waals surface area contributed by atoms with Crippen LogP contribution in [0.3, 0.4) is 0 Å². The molecule has 1 aliphatic carbocycles. The third-order valence-corrected chi connectivity index (χ3v) is 5.90. The summed E-state index contributed by atoms with van der Waals surface area (Å²) >= 11 is 0. The number of aryl methyl sites for hydroxylation is 2. The summed E-state index contributed by atoms with van der Waals surface area (Å²) in [5, 5.41) is 2.59. The Hall–Kier alpha value is -2.48. The topological polar surface area (TPSA) is 68.0 Å². The van der Waals surface area contributed by atoms with Gasteiger partial charge in [-0.3, -0.25) is 9.78 Å². The van der Waals surface area contributed by atoms with Crippen LogP contribution in [0, 0.1) is 31.5 Å². The van der Waals surface area contributed by atoms with Crippen molar-refractivity contribution in [3.05, 3.63) is 47.5 Å². The highest BCUT2D eigenvalue weighted by Gasteiger charge is 2.42. The lowest BCUT2D eigenvalue weighted by atomic mass is 9.78. The second-order valence-electron chi connectivity index (χ2n) is 7.95. The van der Waals surface area contributed by atoms with Gasteiger partial charge in [-0.05, 0) is 75.3 Å². The predicted molar refractivity (Wildman–Crippen MR) is 107 cm³/mol. The van der Waals surface area contributed by atoms with Crippen LogP contribution in [0.15, 0.2) is 30.5 Å². The van der Waals surface area contributed by atoms with Crippen molar-refractivity contribution < 1.29 is 22.4 Å². The maximum atomic E-state index is 14.7. The molecule has 2 aromatic rings. The van der Waals surface area contributed by atoms with Crippen LogP contribution in [0.1, 0.15) is 36.9 Å². The quantitative estimate of drug-likeness (QED) is 0.669. The highest BCUT2D eigenvalue weighted by Crippen LogP contribution is 2.40. The number of aromatic nitrogens is 1. The van der Waals surface area contributed by atoms with Gasteiger partial charge in [-0.25, -0.2) is 4.39 Å². The molecule has 0 spiro atoms. The molecule has 1 saturated carbocycles. The minimum absolute atomic E-state index is 0.0255. The number of anilines is 1. The molecule has 0 unspecified atom stereocenters. The van der Waals surface area contributed by atoms with E-state index in [1.165, 1.54) is 6.07 Å². The number of carbonyl (C=O) groups excluding carboxylic acids is 1. The summed E-state index contributed by atoms with van der Waals surface area (Å²) in [5.74, 6) is -2.68. The third kappa shape index (κ3) is 4.80. The highest BCUT2D eigenvalue weighted by atomic mass is 19.4. The van der Waals surface area contributed by atoms with Crippen LogP contribution < -0.4 is 11.1 Å². The molecule has 0 aliphatic heterocycles. The number of rotatable bonds is 4. The number of nitrogens with zero attached hydrogens (tertiary/aromatic N) is 1. The second-order valence-corrected chi connectivity index (χ2v) is 7.95. The molecule has 1 heterocycles. The molecule has 162 valence electrons. The summed E-state index contributed by atoms with van der Waals surface area (Å²) < 4.78 is 53.2. The molecule has 1 aromatic heterocycles. The maximum absolute atomic E-state index is 14.7. The van der Waals surface area contributed by atoms with Gasteiger partial charge in [0, 0.05) is 28.7 Å². The van der Waals surface area contributed by atoms with Crippen LogP contribution in [0.25, 0.3) is 11.1 Å². The molecule has 1 aliphatic rings. The monoisotopic (exact) mass is 423 g/mol. The van der Waals surface area contributed by atoms with Crippen molar-refractivity contribution in [3.63, 3.8) is 0 Å². The Bertz CT molecular complexity index is 901. The Balaban J connectivity index is 1.67. The molecule has 0 radical (unpaired) electrons. The first kappa shape index (κ1) is 22.2. The molecule has 3 N–H and O–H groups in total. The lowest BCUT2D eigenvalue weighted by molar-refractivity contribution is -0.184. The molecule has 4 nitrogen and oxygen atoms in total. The second kappa shape index (κ2) is 8.71. The number of amides is 1. The van der Waals surface area contributed by atoms with Crippen molar-refractivity contribution in [2.75, 3.05) is 5.32 Å². The Morgan fingerprint density at radius 3 is 2.40 bits per heavy atom. The number of halogens is 4. The van der Waals surface area contributed by atoms with Crippen LogP contribution >= 0.6 is 0 Å². The van der Waals surface area contributed by atoms with Gasteiger partial charge >= 0.3 is 6.18 Å². The van der Waals surface area contributed by atoms with E-state index in [-0.39, 0.29) is 37.3 Å². The summed E-state index contributed by atoms with van der Waals surface area (Å²) in [6.45, 7) is 3.66. The van der Waals surface area contributed by atoms with Crippen LogP contribution in [0.2, 0.25) is 0 Å². The Morgan fingerprint density at radius 2 is 1.83 bits per heavy atom. The molecule has 1 atom stereocenters. The fourth-order valence-electron chi connectivity index (χ4n) is 4.14. The molecule has 1 amide bonds. The van der Waals surface area contributed by atoms with Gasteiger partial charge in [0.1, 0.15) is 5.82 Å². The first-order valence-electron chi connectivity index (χ1n) is 9.93. The van der Waals surface area contributed by atoms with E-state index < -0.39 is 29.9 Å². The lowest BCUT2D eigenvalue weighted by Gasteiger charge is -2.32. The van der Waals surface area contributed by atoms with Crippen molar-refractivity contribution in [1.82, 2.24) is 4.98 Å². The number of nitrogens with two attached hydrogens (primary N) is 1. The van der Waals surface area contributed by atoms with E-state index in [0.29, 0.717) is 16.8 Å². The Kier molecular flexibility index (Phi) is 6.45. The van der Waals surface area contributed by atoms with Crippen LogP contribution in [0.5, 0.6) is 0 Å². The van der Waals surface area contributed by atoms with E-state index in [1.54, 1.807) is 31.3 Å². The van der Waals surface area contributed by atoms with Crippen LogP contribution in [0.4, 0.5) is 23.2 Å². The number of pyridine rings is 1. The van der Waals surface area contributed by atoms with E-state index in [0.717, 1.165) is 5.56 Å². The number of carbonyl (C=O) groups is 1. The van der Waals surface area contributed by atoms with Gasteiger partial charge in [0.25, 0.3) is 0 Å². The van der Waals surface area contributed by atoms with Gasteiger partial charge in [0.15, 0.2) is 0 Å². The standard InChI is InChI=1S/C22H25F4N3O/c1-12-9-10-28-13(2)19(12)17-8-7-16(11-18(17)23)29-21(30)20(27)14-3-5-15(6-4-14)22(24,25)26/h7-11,14-15,20H,3-6,27H2,1-2H3,(H,29,30)/t14?,15?,20-/m0/s1. The molecule has 0 saturated heterocycles. The average Bonchev–Trinajstić information content (AvgIpc) is 2.68. The Labute approximate surface area is 172 Å². The van der Waals surface area contributed by atoms with Crippen LogP contribution in [-0.4, -0.2) is 23.1 Å². The normalized spacial score (nSPS) is 20.6. The molecule has 3 rings (SSSR count). The summed E-state index contributed by atoms with van der Waals surface area (Å²) in [6.07, 6.45) is -2.12. The van der Waals surface area contributed by atoms with Gasteiger partial charge in [0.2, 0.25) is 5.91 Å². The minimum Gasteiger partial charge on any atom is -0.325 e. The minimum atomic E-state index is -4.21. The first-order chi connectivity index (χ1) is 14.1. The van der Waals surface area contributed by atoms with E-state index in [1.807, 2.05) is 6.92 Å². The van der Waals surface area contributed by atoms with Gasteiger partial charge in [0.05, 0.1) is 12.0 Å². The van der Waals surface area contributed by atoms with E-state index in [2.05, 4.69) is 10.3 Å². The predicted octanol–water partition coefficient (Wildman–Crippen LogP) is 5.14. The van der Waals surface area contributed by atoms with Crippen molar-refractivity contribution >= 4 is 11.6 Å². The fraction of sp³-hybridized carbons (Fsp3) is 0.455. The molecule has 0 bridgehead atoms. The fourth-order valence-corrected chi connectivity index (χ4v) is 4.14. The zero-order valence-corrected chi connectivity index (χ0v) is 16.9. The molecule has 30 heavy (non-hydrogen) atoms. The van der Waals surface area contributed by atoms with E-state index >= 15 is 0 Å².